The molecule has 0 unspecified atom stereocenters. The fourth-order valence-electron chi connectivity index (χ4n) is 3.81. The van der Waals surface area contributed by atoms with Crippen LogP contribution in [-0.4, -0.2) is 60.8 Å². The summed E-state index contributed by atoms with van der Waals surface area (Å²) in [4.78, 5) is 20.9. The van der Waals surface area contributed by atoms with E-state index in [-0.39, 0.29) is 5.41 Å². The van der Waals surface area contributed by atoms with Gasteiger partial charge in [0.25, 0.3) is 5.95 Å². The Hall–Kier alpha value is -1.63. The second kappa shape index (κ2) is 7.51. The first-order valence-electron chi connectivity index (χ1n) is 9.00. The number of likely N-dealkylation sites (tertiary alicyclic amines) is 1. The third-order valence-electron chi connectivity index (χ3n) is 5.39. The van der Waals surface area contributed by atoms with Crippen molar-refractivity contribution >= 4 is 11.9 Å². The molecule has 0 radical (unpaired) electrons. The number of methoxy groups -OCH3 is 1. The zero-order valence-corrected chi connectivity index (χ0v) is 14.8. The van der Waals surface area contributed by atoms with E-state index in [1.165, 1.54) is 0 Å². The van der Waals surface area contributed by atoms with Crippen LogP contribution in [0.4, 0.5) is 5.95 Å². The number of hydrogen-bond acceptors (Lipinski definition) is 6. The number of amides is 1. The van der Waals surface area contributed by atoms with E-state index < -0.39 is 0 Å². The van der Waals surface area contributed by atoms with Gasteiger partial charge in [-0.1, -0.05) is 6.92 Å². The lowest BCUT2D eigenvalue weighted by atomic mass is 9.72. The van der Waals surface area contributed by atoms with Crippen LogP contribution in [-0.2, 0) is 16.0 Å². The smallest absolute Gasteiger partial charge is 0.266 e. The minimum Gasteiger partial charge on any atom is -0.385 e. The van der Waals surface area contributed by atoms with E-state index in [1.54, 1.807) is 7.11 Å². The lowest BCUT2D eigenvalue weighted by molar-refractivity contribution is -0.138. The Morgan fingerprint density at radius 2 is 2.08 bits per heavy atom. The number of aryl methyl sites for hydroxylation is 1. The maximum atomic E-state index is 12.2. The molecule has 1 aromatic heterocycles. The first-order chi connectivity index (χ1) is 11.7. The highest BCUT2D eigenvalue weighted by molar-refractivity contribution is 5.77. The molecular formula is C17H28N4O3. The summed E-state index contributed by atoms with van der Waals surface area (Å²) >= 11 is 0. The van der Waals surface area contributed by atoms with Crippen LogP contribution in [0.3, 0.4) is 0 Å². The van der Waals surface area contributed by atoms with Crippen molar-refractivity contribution in [3.63, 3.8) is 0 Å². The number of aromatic nitrogens is 2. The highest BCUT2D eigenvalue weighted by atomic mass is 16.5. The van der Waals surface area contributed by atoms with E-state index >= 15 is 0 Å². The van der Waals surface area contributed by atoms with Gasteiger partial charge < -0.3 is 19.1 Å². The number of carbonyl (C=O) groups excluding carboxylic acids is 1. The van der Waals surface area contributed by atoms with Crippen molar-refractivity contribution in [2.24, 2.45) is 5.41 Å². The maximum Gasteiger partial charge on any atom is 0.266 e. The highest BCUT2D eigenvalue weighted by Crippen LogP contribution is 2.40. The summed E-state index contributed by atoms with van der Waals surface area (Å²) in [5.41, 5.74) is 0.259. The SMILES string of the molecule is CCc1nc(N2CCC3(CCC(=O)N(CCCOC)C3)CC2)no1. The van der Waals surface area contributed by atoms with Gasteiger partial charge in [-0.2, -0.15) is 4.98 Å². The molecule has 2 aliphatic rings. The first kappa shape index (κ1) is 17.2. The molecule has 2 saturated heterocycles. The van der Waals surface area contributed by atoms with Gasteiger partial charge in [-0.15, -0.1) is 0 Å². The Balaban J connectivity index is 1.56. The monoisotopic (exact) mass is 336 g/mol. The Kier molecular flexibility index (Phi) is 5.38. The molecule has 1 amide bonds. The van der Waals surface area contributed by atoms with E-state index in [9.17, 15) is 4.79 Å². The zero-order chi connectivity index (χ0) is 17.0. The summed E-state index contributed by atoms with van der Waals surface area (Å²) in [7, 11) is 1.71. The van der Waals surface area contributed by atoms with Crippen LogP contribution in [0.2, 0.25) is 0 Å². The number of anilines is 1. The van der Waals surface area contributed by atoms with Crippen molar-refractivity contribution in [1.29, 1.82) is 0 Å². The molecule has 1 spiro atoms. The second-order valence-corrected chi connectivity index (χ2v) is 6.99. The van der Waals surface area contributed by atoms with Crippen molar-refractivity contribution < 1.29 is 14.1 Å². The maximum absolute atomic E-state index is 12.2. The molecule has 134 valence electrons. The first-order valence-corrected chi connectivity index (χ1v) is 9.00. The lowest BCUT2D eigenvalue weighted by Gasteiger charge is -2.47. The van der Waals surface area contributed by atoms with Gasteiger partial charge >= 0.3 is 0 Å². The molecule has 0 atom stereocenters. The second-order valence-electron chi connectivity index (χ2n) is 6.99. The van der Waals surface area contributed by atoms with E-state index in [0.717, 1.165) is 58.3 Å². The largest absolute Gasteiger partial charge is 0.385 e. The van der Waals surface area contributed by atoms with Crippen LogP contribution in [0.25, 0.3) is 0 Å². The third-order valence-corrected chi connectivity index (χ3v) is 5.39. The zero-order valence-electron chi connectivity index (χ0n) is 14.8. The summed E-state index contributed by atoms with van der Waals surface area (Å²) in [6.07, 6.45) is 5.52. The van der Waals surface area contributed by atoms with Crippen LogP contribution < -0.4 is 4.90 Å². The number of carbonyl (C=O) groups is 1. The fraction of sp³-hybridized carbons (Fsp3) is 0.824. The molecule has 0 saturated carbocycles. The van der Waals surface area contributed by atoms with Crippen LogP contribution in [0.15, 0.2) is 4.52 Å². The normalized spacial score (nSPS) is 20.8. The summed E-state index contributed by atoms with van der Waals surface area (Å²) in [6.45, 7) is 6.28. The van der Waals surface area contributed by atoms with Gasteiger partial charge in [0, 0.05) is 52.7 Å². The molecule has 7 nitrogen and oxygen atoms in total. The summed E-state index contributed by atoms with van der Waals surface area (Å²) < 4.78 is 10.3. The predicted molar refractivity (Wildman–Crippen MR) is 89.9 cm³/mol. The van der Waals surface area contributed by atoms with E-state index in [1.807, 2.05) is 11.8 Å². The van der Waals surface area contributed by atoms with Gasteiger partial charge in [-0.3, -0.25) is 4.79 Å². The van der Waals surface area contributed by atoms with Gasteiger partial charge in [-0.05, 0) is 36.3 Å². The number of piperidine rings is 2. The molecule has 0 bridgehead atoms. The summed E-state index contributed by atoms with van der Waals surface area (Å²) in [5.74, 6) is 1.70. The highest BCUT2D eigenvalue weighted by Gasteiger charge is 2.41. The summed E-state index contributed by atoms with van der Waals surface area (Å²) in [5, 5.41) is 4.08. The van der Waals surface area contributed by atoms with E-state index in [0.29, 0.717) is 30.8 Å². The van der Waals surface area contributed by atoms with Crippen molar-refractivity contribution in [3.8, 4) is 0 Å². The Morgan fingerprint density at radius 1 is 1.29 bits per heavy atom. The molecule has 0 aromatic carbocycles. The van der Waals surface area contributed by atoms with E-state index in [2.05, 4.69) is 15.0 Å². The average molecular weight is 336 g/mol. The minimum atomic E-state index is 0.259. The van der Waals surface area contributed by atoms with Gasteiger partial charge in [0.1, 0.15) is 0 Å². The molecule has 2 fully saturated rings. The molecule has 7 heteroatoms. The fourth-order valence-corrected chi connectivity index (χ4v) is 3.81. The van der Waals surface area contributed by atoms with Crippen molar-refractivity contribution in [2.45, 2.75) is 45.4 Å². The van der Waals surface area contributed by atoms with Crippen molar-refractivity contribution in [3.05, 3.63) is 5.89 Å². The molecule has 0 N–H and O–H groups in total. The minimum absolute atomic E-state index is 0.259. The molecular weight excluding hydrogens is 308 g/mol. The molecule has 3 heterocycles. The molecule has 1 aromatic rings. The lowest BCUT2D eigenvalue weighted by Crippen LogP contribution is -2.52. The number of hydrogen-bond donors (Lipinski definition) is 0. The van der Waals surface area contributed by atoms with Gasteiger partial charge in [0.2, 0.25) is 11.8 Å². The topological polar surface area (TPSA) is 71.7 Å². The van der Waals surface area contributed by atoms with Crippen LogP contribution in [0.1, 0.15) is 44.9 Å². The molecule has 2 aliphatic heterocycles. The van der Waals surface area contributed by atoms with Crippen molar-refractivity contribution in [2.75, 3.05) is 44.8 Å². The van der Waals surface area contributed by atoms with Crippen LogP contribution in [0.5, 0.6) is 0 Å². The standard InChI is InChI=1S/C17H28N4O3/c1-3-14-18-16(19-24-14)20-10-7-17(8-11-20)6-5-15(22)21(13-17)9-4-12-23-2/h3-13H2,1-2H3. The average Bonchev–Trinajstić information content (AvgIpc) is 3.08. The Bertz CT molecular complexity index is 552. The molecule has 24 heavy (non-hydrogen) atoms. The van der Waals surface area contributed by atoms with Crippen LogP contribution >= 0.6 is 0 Å². The van der Waals surface area contributed by atoms with Crippen LogP contribution in [0, 0.1) is 5.41 Å². The van der Waals surface area contributed by atoms with Gasteiger partial charge in [0.15, 0.2) is 0 Å². The number of rotatable bonds is 6. The van der Waals surface area contributed by atoms with E-state index in [4.69, 9.17) is 9.26 Å². The quantitative estimate of drug-likeness (QED) is 0.739. The molecule has 0 aliphatic carbocycles. The predicted octanol–water partition coefficient (Wildman–Crippen LogP) is 1.88. The number of ether oxygens (including phenoxy) is 1. The van der Waals surface area contributed by atoms with Gasteiger partial charge in [-0.25, -0.2) is 0 Å². The Morgan fingerprint density at radius 3 is 2.75 bits per heavy atom. The summed E-state index contributed by atoms with van der Waals surface area (Å²) in [6, 6.07) is 0. The Labute approximate surface area is 143 Å². The molecule has 3 rings (SSSR count). The number of nitrogens with zero attached hydrogens (tertiary/aromatic N) is 4. The van der Waals surface area contributed by atoms with Gasteiger partial charge in [0.05, 0.1) is 0 Å². The third kappa shape index (κ3) is 3.71. The van der Waals surface area contributed by atoms with Crippen molar-refractivity contribution in [1.82, 2.24) is 15.0 Å².